The number of nitrogens with zero attached hydrogens (tertiary/aromatic N) is 2. The summed E-state index contributed by atoms with van der Waals surface area (Å²) in [4.78, 5) is 5.57. The number of hydrogen-bond acceptors (Lipinski definition) is 2. The summed E-state index contributed by atoms with van der Waals surface area (Å²) in [6.45, 7) is 15.8. The lowest BCUT2D eigenvalue weighted by Gasteiger charge is -2.44. The molecule has 0 aromatic rings. The van der Waals surface area contributed by atoms with Crippen LogP contribution in [0.3, 0.4) is 0 Å². The molecular weight excluding hydrogens is 220 g/mol. The van der Waals surface area contributed by atoms with Gasteiger partial charge in [-0.15, -0.1) is 0 Å². The first kappa shape index (κ1) is 14.3. The molecule has 2 aliphatic rings. The highest BCUT2D eigenvalue weighted by molar-refractivity contribution is 4.97. The Hall–Kier alpha value is -0.0800. The molecule has 3 atom stereocenters. The first-order valence-corrected chi connectivity index (χ1v) is 7.98. The summed E-state index contributed by atoms with van der Waals surface area (Å²) in [7, 11) is 0. The van der Waals surface area contributed by atoms with Crippen molar-refractivity contribution in [1.82, 2.24) is 9.80 Å². The van der Waals surface area contributed by atoms with E-state index in [1.54, 1.807) is 0 Å². The van der Waals surface area contributed by atoms with Gasteiger partial charge >= 0.3 is 0 Å². The second kappa shape index (κ2) is 5.92. The lowest BCUT2D eigenvalue weighted by molar-refractivity contribution is 0.0309. The third-order valence-electron chi connectivity index (χ3n) is 5.17. The second-order valence-corrected chi connectivity index (χ2v) is 7.24. The van der Waals surface area contributed by atoms with Crippen molar-refractivity contribution in [1.29, 1.82) is 0 Å². The molecule has 0 aromatic heterocycles. The molecule has 0 saturated carbocycles. The summed E-state index contributed by atoms with van der Waals surface area (Å²) in [6, 6.07) is 2.45. The largest absolute Gasteiger partial charge is 0.297 e. The molecule has 0 spiro atoms. The van der Waals surface area contributed by atoms with Crippen molar-refractivity contribution in [3.8, 4) is 0 Å². The number of fused-ring (bicyclic) bond motifs is 2. The molecule has 2 bridgehead atoms. The fourth-order valence-corrected chi connectivity index (χ4v) is 3.55. The Morgan fingerprint density at radius 2 is 1.50 bits per heavy atom. The zero-order valence-electron chi connectivity index (χ0n) is 13.0. The van der Waals surface area contributed by atoms with Crippen LogP contribution in [0.25, 0.3) is 0 Å². The van der Waals surface area contributed by atoms with Gasteiger partial charge < -0.3 is 0 Å². The topological polar surface area (TPSA) is 6.48 Å². The molecule has 2 heteroatoms. The Balaban J connectivity index is 1.90. The number of rotatable bonds is 5. The van der Waals surface area contributed by atoms with Crippen molar-refractivity contribution in [2.75, 3.05) is 19.6 Å². The van der Waals surface area contributed by atoms with E-state index in [0.717, 1.165) is 30.0 Å². The predicted octanol–water partition coefficient (Wildman–Crippen LogP) is 3.23. The molecule has 0 amide bonds. The van der Waals surface area contributed by atoms with E-state index in [2.05, 4.69) is 44.4 Å². The molecule has 18 heavy (non-hydrogen) atoms. The van der Waals surface area contributed by atoms with Crippen LogP contribution in [0, 0.1) is 11.8 Å². The molecule has 0 aliphatic carbocycles. The van der Waals surface area contributed by atoms with Gasteiger partial charge in [0.15, 0.2) is 0 Å². The highest BCUT2D eigenvalue weighted by atomic mass is 15.3. The van der Waals surface area contributed by atoms with E-state index in [9.17, 15) is 0 Å². The molecule has 2 fully saturated rings. The zero-order chi connectivity index (χ0) is 13.3. The van der Waals surface area contributed by atoms with Gasteiger partial charge in [-0.1, -0.05) is 27.7 Å². The van der Waals surface area contributed by atoms with Crippen molar-refractivity contribution >= 4 is 0 Å². The van der Waals surface area contributed by atoms with Gasteiger partial charge in [0.1, 0.15) is 0 Å². The lowest BCUT2D eigenvalue weighted by Crippen LogP contribution is -2.56. The van der Waals surface area contributed by atoms with Crippen LogP contribution >= 0.6 is 0 Å². The minimum absolute atomic E-state index is 0.750. The van der Waals surface area contributed by atoms with Crippen LogP contribution in [-0.2, 0) is 0 Å². The summed E-state index contributed by atoms with van der Waals surface area (Å²) >= 11 is 0. The maximum Gasteiger partial charge on any atom is 0.0227 e. The fraction of sp³-hybridized carbons (Fsp3) is 1.00. The quantitative estimate of drug-likeness (QED) is 0.741. The third-order valence-corrected chi connectivity index (χ3v) is 5.17. The Morgan fingerprint density at radius 3 is 1.94 bits per heavy atom. The van der Waals surface area contributed by atoms with Gasteiger partial charge in [0.2, 0.25) is 0 Å². The molecule has 2 nitrogen and oxygen atoms in total. The van der Waals surface area contributed by atoms with Gasteiger partial charge in [-0.3, -0.25) is 9.80 Å². The van der Waals surface area contributed by atoms with Crippen LogP contribution in [-0.4, -0.2) is 47.6 Å². The monoisotopic (exact) mass is 252 g/mol. The molecule has 2 rings (SSSR count). The molecule has 1 unspecified atom stereocenters. The normalized spacial score (nSPS) is 31.5. The minimum Gasteiger partial charge on any atom is -0.297 e. The lowest BCUT2D eigenvalue weighted by atomic mass is 10.0. The summed E-state index contributed by atoms with van der Waals surface area (Å²) < 4.78 is 0. The van der Waals surface area contributed by atoms with Crippen molar-refractivity contribution in [2.24, 2.45) is 11.8 Å². The fourth-order valence-electron chi connectivity index (χ4n) is 3.55. The van der Waals surface area contributed by atoms with Crippen LogP contribution in [0.1, 0.15) is 53.9 Å². The maximum atomic E-state index is 2.82. The highest BCUT2D eigenvalue weighted by Gasteiger charge is 2.40. The first-order valence-electron chi connectivity index (χ1n) is 7.98. The molecule has 106 valence electrons. The van der Waals surface area contributed by atoms with Crippen molar-refractivity contribution in [2.45, 2.75) is 72.0 Å². The Morgan fingerprint density at radius 1 is 0.944 bits per heavy atom. The molecular formula is C16H32N2. The standard InChI is InChI=1S/C16H32N2/c1-12(2)8-9-18-15-6-7-16(18)11-17(10-15)14(5)13(3)4/h12-16H,6-11H2,1-5H3/t14?,15-,16+. The van der Waals surface area contributed by atoms with Crippen molar-refractivity contribution in [3.63, 3.8) is 0 Å². The summed E-state index contributed by atoms with van der Waals surface area (Å²) in [5.41, 5.74) is 0. The van der Waals surface area contributed by atoms with Crippen LogP contribution in [0.4, 0.5) is 0 Å². The summed E-state index contributed by atoms with van der Waals surface area (Å²) in [6.07, 6.45) is 4.24. The molecule has 2 heterocycles. The third kappa shape index (κ3) is 3.08. The minimum atomic E-state index is 0.750. The Labute approximate surface area is 114 Å². The first-order chi connectivity index (χ1) is 8.49. The van der Waals surface area contributed by atoms with Crippen molar-refractivity contribution < 1.29 is 0 Å². The highest BCUT2D eigenvalue weighted by Crippen LogP contribution is 2.32. The number of likely N-dealkylation sites (tertiary alicyclic amines) is 1. The molecule has 2 aliphatic heterocycles. The van der Waals surface area contributed by atoms with Gasteiger partial charge in [-0.05, 0) is 44.6 Å². The summed E-state index contributed by atoms with van der Waals surface area (Å²) in [5.74, 6) is 1.63. The maximum absolute atomic E-state index is 2.82. The van der Waals surface area contributed by atoms with Crippen molar-refractivity contribution in [3.05, 3.63) is 0 Å². The van der Waals surface area contributed by atoms with Gasteiger partial charge in [0, 0.05) is 31.2 Å². The van der Waals surface area contributed by atoms with Gasteiger partial charge in [0.05, 0.1) is 0 Å². The van der Waals surface area contributed by atoms with Crippen LogP contribution in [0.15, 0.2) is 0 Å². The van der Waals surface area contributed by atoms with E-state index in [0.29, 0.717) is 0 Å². The van der Waals surface area contributed by atoms with E-state index in [1.165, 1.54) is 38.9 Å². The Kier molecular flexibility index (Phi) is 4.71. The van der Waals surface area contributed by atoms with Crippen LogP contribution in [0.2, 0.25) is 0 Å². The van der Waals surface area contributed by atoms with E-state index in [4.69, 9.17) is 0 Å². The second-order valence-electron chi connectivity index (χ2n) is 7.24. The average molecular weight is 252 g/mol. The zero-order valence-corrected chi connectivity index (χ0v) is 13.0. The number of hydrogen-bond donors (Lipinski definition) is 0. The van der Waals surface area contributed by atoms with Crippen LogP contribution < -0.4 is 0 Å². The van der Waals surface area contributed by atoms with Gasteiger partial charge in [-0.25, -0.2) is 0 Å². The molecule has 2 saturated heterocycles. The predicted molar refractivity (Wildman–Crippen MR) is 78.8 cm³/mol. The SMILES string of the molecule is CC(C)CCN1[C@@H]2CC[C@H]1CN(C(C)C(C)C)C2. The van der Waals surface area contributed by atoms with Gasteiger partial charge in [0.25, 0.3) is 0 Å². The molecule has 0 N–H and O–H groups in total. The van der Waals surface area contributed by atoms with E-state index >= 15 is 0 Å². The average Bonchev–Trinajstić information content (AvgIpc) is 2.55. The van der Waals surface area contributed by atoms with E-state index in [-0.39, 0.29) is 0 Å². The summed E-state index contributed by atoms with van der Waals surface area (Å²) in [5, 5.41) is 0. The van der Waals surface area contributed by atoms with Gasteiger partial charge in [-0.2, -0.15) is 0 Å². The Bertz CT molecular complexity index is 248. The van der Waals surface area contributed by atoms with E-state index < -0.39 is 0 Å². The molecule has 0 radical (unpaired) electrons. The number of piperazine rings is 1. The smallest absolute Gasteiger partial charge is 0.0227 e. The molecule has 0 aromatic carbocycles. The van der Waals surface area contributed by atoms with Crippen LogP contribution in [0.5, 0.6) is 0 Å². The van der Waals surface area contributed by atoms with E-state index in [1.807, 2.05) is 0 Å².